The van der Waals surface area contributed by atoms with Crippen molar-refractivity contribution in [2.24, 2.45) is 0 Å². The van der Waals surface area contributed by atoms with E-state index >= 15 is 0 Å². The lowest BCUT2D eigenvalue weighted by atomic mass is 9.74. The third kappa shape index (κ3) is 6.21. The van der Waals surface area contributed by atoms with Gasteiger partial charge in [0.1, 0.15) is 5.52 Å². The lowest BCUT2D eigenvalue weighted by Gasteiger charge is -2.44. The zero-order valence-electron chi connectivity index (χ0n) is 23.5. The van der Waals surface area contributed by atoms with Crippen LogP contribution in [0.15, 0.2) is 30.7 Å². The topological polar surface area (TPSA) is 83.4 Å². The largest absolute Gasteiger partial charge is 0.416 e. The Hall–Kier alpha value is -2.94. The maximum atomic E-state index is 13.6. The van der Waals surface area contributed by atoms with E-state index in [0.717, 1.165) is 31.6 Å². The van der Waals surface area contributed by atoms with Crippen molar-refractivity contribution < 1.29 is 26.7 Å². The van der Waals surface area contributed by atoms with Crippen molar-refractivity contribution in [3.63, 3.8) is 0 Å². The number of halogens is 5. The first-order chi connectivity index (χ1) is 19.9. The summed E-state index contributed by atoms with van der Waals surface area (Å²) in [6.07, 6.45) is 0.276. The fraction of sp³-hybridized carbons (Fsp3) is 0.607. The van der Waals surface area contributed by atoms with Gasteiger partial charge in [0.25, 0.3) is 0 Å². The van der Waals surface area contributed by atoms with Crippen LogP contribution >= 0.6 is 0 Å². The van der Waals surface area contributed by atoms with Crippen LogP contribution < -0.4 is 11.0 Å². The van der Waals surface area contributed by atoms with Gasteiger partial charge in [-0.05, 0) is 55.9 Å². The molecule has 2 aliphatic heterocycles. The van der Waals surface area contributed by atoms with Crippen LogP contribution in [0.3, 0.4) is 0 Å². The van der Waals surface area contributed by atoms with Crippen molar-refractivity contribution in [2.75, 3.05) is 25.1 Å². The summed E-state index contributed by atoms with van der Waals surface area (Å²) in [5.74, 6) is -3.00. The van der Waals surface area contributed by atoms with Gasteiger partial charge in [-0.3, -0.25) is 10.3 Å². The van der Waals surface area contributed by atoms with Crippen LogP contribution in [0.1, 0.15) is 62.1 Å². The summed E-state index contributed by atoms with van der Waals surface area (Å²) < 4.78 is 75.3. The highest BCUT2D eigenvalue weighted by Gasteiger charge is 2.47. The summed E-state index contributed by atoms with van der Waals surface area (Å²) in [5, 5.41) is 2.03. The molecule has 1 aliphatic carbocycles. The van der Waals surface area contributed by atoms with Gasteiger partial charge in [-0.15, -0.1) is 0 Å². The number of nitrogens with zero attached hydrogens (tertiary/aromatic N) is 6. The van der Waals surface area contributed by atoms with Crippen LogP contribution in [-0.2, 0) is 24.0 Å². The Bertz CT molecular complexity index is 1400. The first-order valence-electron chi connectivity index (χ1n) is 14.3. The van der Waals surface area contributed by atoms with Crippen molar-refractivity contribution in [1.29, 1.82) is 0 Å². The molecule has 1 saturated carbocycles. The first-order valence-corrected chi connectivity index (χ1v) is 14.3. The zero-order chi connectivity index (χ0) is 29.6. The molecular weight excluding hydrogens is 559 g/mol. The van der Waals surface area contributed by atoms with Gasteiger partial charge in [0.2, 0.25) is 11.9 Å². The van der Waals surface area contributed by atoms with Crippen molar-refractivity contribution in [1.82, 2.24) is 35.0 Å². The smallest absolute Gasteiger partial charge is 0.376 e. The SMILES string of the molecule is C[C@@H]1CN(NNc2ncc3ncn(C[C@@H]4CCCO4)c3n2)[C@@H](C)CN1Cc1ccc(C(F)(F)F)cc1C1CC(F)(F)C1. The number of ether oxygens (including phenoxy) is 1. The average Bonchev–Trinajstić information content (AvgIpc) is 3.58. The van der Waals surface area contributed by atoms with Crippen LogP contribution in [0, 0.1) is 0 Å². The van der Waals surface area contributed by atoms with Crippen LogP contribution in [0.5, 0.6) is 0 Å². The molecule has 0 spiro atoms. The summed E-state index contributed by atoms with van der Waals surface area (Å²) in [6.45, 7) is 7.13. The highest BCUT2D eigenvalue weighted by molar-refractivity contribution is 5.70. The normalized spacial score (nSPS) is 25.6. The summed E-state index contributed by atoms with van der Waals surface area (Å²) in [4.78, 5) is 15.6. The molecule has 3 atom stereocenters. The van der Waals surface area contributed by atoms with Gasteiger partial charge < -0.3 is 9.30 Å². The molecule has 14 heteroatoms. The predicted octanol–water partition coefficient (Wildman–Crippen LogP) is 4.96. The van der Waals surface area contributed by atoms with E-state index in [0.29, 0.717) is 54.4 Å². The molecule has 42 heavy (non-hydrogen) atoms. The number of nitrogens with one attached hydrogen (secondary N) is 2. The van der Waals surface area contributed by atoms with Gasteiger partial charge in [-0.1, -0.05) is 6.07 Å². The Balaban J connectivity index is 1.09. The third-order valence-corrected chi connectivity index (χ3v) is 8.59. The number of benzene rings is 1. The minimum Gasteiger partial charge on any atom is -0.376 e. The summed E-state index contributed by atoms with van der Waals surface area (Å²) in [6, 6.07) is 3.62. The third-order valence-electron chi connectivity index (χ3n) is 8.59. The molecule has 9 nitrogen and oxygen atoms in total. The Labute approximate surface area is 240 Å². The van der Waals surface area contributed by atoms with E-state index in [-0.39, 0.29) is 18.2 Å². The maximum Gasteiger partial charge on any atom is 0.416 e. The molecule has 3 fully saturated rings. The van der Waals surface area contributed by atoms with Gasteiger partial charge in [-0.25, -0.2) is 23.8 Å². The standard InChI is InChI=1S/C28H35F5N8O/c1-17-13-41(38-37-26-34-11-24-25(36-26)40(16-35-24)15-22-4-3-7-42-22)18(2)12-39(17)14-19-5-6-21(28(31,32)33)8-23(19)20-9-27(29,30)10-20/h5-6,8,11,16-18,20,22,38H,3-4,7,9-10,12-15H2,1-2H3,(H,34,36,37)/t17-,18+,22+/m1/s1. The fourth-order valence-electron chi connectivity index (χ4n) is 6.15. The number of anilines is 1. The summed E-state index contributed by atoms with van der Waals surface area (Å²) in [5.41, 5.74) is 7.95. The second kappa shape index (κ2) is 11.3. The Kier molecular flexibility index (Phi) is 7.83. The number of piperazine rings is 1. The predicted molar refractivity (Wildman–Crippen MR) is 145 cm³/mol. The molecule has 4 heterocycles. The molecule has 228 valence electrons. The van der Waals surface area contributed by atoms with Crippen LogP contribution in [-0.4, -0.2) is 73.2 Å². The van der Waals surface area contributed by atoms with Gasteiger partial charge in [0.15, 0.2) is 5.65 Å². The number of rotatable bonds is 8. The van der Waals surface area contributed by atoms with Crippen molar-refractivity contribution in [3.05, 3.63) is 47.4 Å². The van der Waals surface area contributed by atoms with E-state index in [2.05, 4.69) is 30.8 Å². The van der Waals surface area contributed by atoms with Crippen molar-refractivity contribution >= 4 is 17.1 Å². The second-order valence-electron chi connectivity index (χ2n) is 11.8. The zero-order valence-corrected chi connectivity index (χ0v) is 23.5. The molecule has 2 N–H and O–H groups in total. The highest BCUT2D eigenvalue weighted by atomic mass is 19.4. The molecule has 3 aliphatic rings. The minimum atomic E-state index is -4.52. The maximum absolute atomic E-state index is 13.6. The van der Waals surface area contributed by atoms with Gasteiger partial charge in [-0.2, -0.15) is 23.7 Å². The lowest BCUT2D eigenvalue weighted by Crippen LogP contribution is -2.61. The number of alkyl halides is 5. The monoisotopic (exact) mass is 594 g/mol. The molecular formula is C28H35F5N8O. The highest BCUT2D eigenvalue weighted by Crippen LogP contribution is 2.50. The number of hydrogen-bond donors (Lipinski definition) is 2. The summed E-state index contributed by atoms with van der Waals surface area (Å²) >= 11 is 0. The fourth-order valence-corrected chi connectivity index (χ4v) is 6.15. The molecule has 0 bridgehead atoms. The number of fused-ring (bicyclic) bond motifs is 1. The van der Waals surface area contributed by atoms with Crippen LogP contribution in [0.4, 0.5) is 27.9 Å². The number of aromatic nitrogens is 4. The molecule has 0 amide bonds. The number of hydrogen-bond acceptors (Lipinski definition) is 8. The quantitative estimate of drug-likeness (QED) is 0.280. The lowest BCUT2D eigenvalue weighted by molar-refractivity contribution is -0.137. The molecule has 0 radical (unpaired) electrons. The van der Waals surface area contributed by atoms with E-state index in [1.165, 1.54) is 6.07 Å². The average molecular weight is 595 g/mol. The van der Waals surface area contributed by atoms with E-state index < -0.39 is 36.4 Å². The summed E-state index contributed by atoms with van der Waals surface area (Å²) in [7, 11) is 0. The Morgan fingerprint density at radius 2 is 1.90 bits per heavy atom. The van der Waals surface area contributed by atoms with Crippen molar-refractivity contribution in [2.45, 2.75) is 88.8 Å². The van der Waals surface area contributed by atoms with Crippen LogP contribution in [0.25, 0.3) is 11.2 Å². The van der Waals surface area contributed by atoms with E-state index in [4.69, 9.17) is 4.74 Å². The number of hydrazine groups is 2. The van der Waals surface area contributed by atoms with Gasteiger partial charge in [0, 0.05) is 51.2 Å². The Morgan fingerprint density at radius 3 is 2.62 bits per heavy atom. The first kappa shape index (κ1) is 29.1. The Morgan fingerprint density at radius 1 is 1.10 bits per heavy atom. The van der Waals surface area contributed by atoms with Crippen molar-refractivity contribution in [3.8, 4) is 0 Å². The molecule has 0 unspecified atom stereocenters. The molecule has 1 aromatic carbocycles. The molecule has 6 rings (SSSR count). The molecule has 2 saturated heterocycles. The molecule has 3 aromatic rings. The van der Waals surface area contributed by atoms with Gasteiger partial charge >= 0.3 is 6.18 Å². The van der Waals surface area contributed by atoms with E-state index in [9.17, 15) is 22.0 Å². The number of imidazole rings is 1. The van der Waals surface area contributed by atoms with E-state index in [1.807, 2.05) is 23.4 Å². The minimum absolute atomic E-state index is 0.0217. The van der Waals surface area contributed by atoms with Crippen LogP contribution in [0.2, 0.25) is 0 Å². The second-order valence-corrected chi connectivity index (χ2v) is 11.8. The molecule has 2 aromatic heterocycles. The van der Waals surface area contributed by atoms with Gasteiger partial charge in [0.05, 0.1) is 30.7 Å². The van der Waals surface area contributed by atoms with E-state index in [1.54, 1.807) is 12.5 Å².